The molecule has 0 bridgehead atoms. The van der Waals surface area contributed by atoms with Crippen molar-refractivity contribution in [1.82, 2.24) is 9.80 Å². The highest BCUT2D eigenvalue weighted by atomic mass is 35.5. The van der Waals surface area contributed by atoms with E-state index in [1.165, 1.54) is 30.1 Å². The van der Waals surface area contributed by atoms with Crippen LogP contribution >= 0.6 is 11.6 Å². The molecule has 6 heteroatoms. The van der Waals surface area contributed by atoms with Gasteiger partial charge in [-0.15, -0.1) is 0 Å². The number of carbonyl (C=O) groups is 2. The molecule has 0 atom stereocenters. The zero-order chi connectivity index (χ0) is 14.7. The summed E-state index contributed by atoms with van der Waals surface area (Å²) in [6.07, 6.45) is 2.02. The van der Waals surface area contributed by atoms with Gasteiger partial charge in [-0.2, -0.15) is 0 Å². The first-order valence-corrected chi connectivity index (χ1v) is 6.88. The fourth-order valence-corrected chi connectivity index (χ4v) is 2.40. The quantitative estimate of drug-likeness (QED) is 0.924. The lowest BCUT2D eigenvalue weighted by Crippen LogP contribution is -2.39. The maximum atomic E-state index is 12.2. The molecule has 1 aliphatic rings. The summed E-state index contributed by atoms with van der Waals surface area (Å²) in [7, 11) is 1.54. The lowest BCUT2D eigenvalue weighted by atomic mass is 10.2. The van der Waals surface area contributed by atoms with Gasteiger partial charge in [0.25, 0.3) is 5.91 Å². The van der Waals surface area contributed by atoms with Gasteiger partial charge >= 0.3 is 0 Å². The van der Waals surface area contributed by atoms with Gasteiger partial charge in [-0.25, -0.2) is 0 Å². The van der Waals surface area contributed by atoms with Gasteiger partial charge in [-0.05, 0) is 31.0 Å². The van der Waals surface area contributed by atoms with E-state index in [2.05, 4.69) is 0 Å². The van der Waals surface area contributed by atoms with Crippen molar-refractivity contribution in [3.05, 3.63) is 28.8 Å². The number of hydrogen-bond donors (Lipinski definition) is 1. The molecule has 0 unspecified atom stereocenters. The number of phenols is 1. The van der Waals surface area contributed by atoms with E-state index in [1.807, 2.05) is 0 Å². The van der Waals surface area contributed by atoms with Crippen LogP contribution in [0.4, 0.5) is 0 Å². The van der Waals surface area contributed by atoms with E-state index in [-0.39, 0.29) is 23.8 Å². The van der Waals surface area contributed by atoms with Crippen LogP contribution in [0.2, 0.25) is 5.02 Å². The Bertz CT molecular complexity index is 527. The van der Waals surface area contributed by atoms with Crippen LogP contribution in [0.3, 0.4) is 0 Å². The van der Waals surface area contributed by atoms with Crippen molar-refractivity contribution in [1.29, 1.82) is 0 Å². The van der Waals surface area contributed by atoms with Crippen LogP contribution in [0.25, 0.3) is 0 Å². The molecule has 0 aromatic heterocycles. The fourth-order valence-electron chi connectivity index (χ4n) is 2.23. The molecule has 1 aromatic rings. The standard InChI is InChI=1S/C14H17ClN2O3/c1-16(9-13(19)17-6-2-3-7-17)14(20)11-8-10(15)4-5-12(11)18/h4-5,8,18H,2-3,6-7,9H2,1H3. The molecule has 0 aliphatic carbocycles. The molecule has 1 saturated heterocycles. The van der Waals surface area contributed by atoms with E-state index in [4.69, 9.17) is 11.6 Å². The number of halogens is 1. The van der Waals surface area contributed by atoms with E-state index >= 15 is 0 Å². The molecular weight excluding hydrogens is 280 g/mol. The van der Waals surface area contributed by atoms with Crippen molar-refractivity contribution in [3.8, 4) is 5.75 Å². The molecule has 0 spiro atoms. The highest BCUT2D eigenvalue weighted by Gasteiger charge is 2.23. The zero-order valence-corrected chi connectivity index (χ0v) is 12.1. The van der Waals surface area contributed by atoms with Crippen molar-refractivity contribution in [2.24, 2.45) is 0 Å². The summed E-state index contributed by atoms with van der Waals surface area (Å²) in [5, 5.41) is 10.1. The molecule has 1 heterocycles. The number of phenolic OH excluding ortho intramolecular Hbond substituents is 1. The molecule has 1 fully saturated rings. The van der Waals surface area contributed by atoms with E-state index in [9.17, 15) is 14.7 Å². The zero-order valence-electron chi connectivity index (χ0n) is 11.3. The van der Waals surface area contributed by atoms with Gasteiger partial charge < -0.3 is 14.9 Å². The van der Waals surface area contributed by atoms with Crippen LogP contribution in [0, 0.1) is 0 Å². The van der Waals surface area contributed by atoms with Crippen molar-refractivity contribution in [3.63, 3.8) is 0 Å². The summed E-state index contributed by atoms with van der Waals surface area (Å²) < 4.78 is 0. The number of carbonyl (C=O) groups excluding carboxylic acids is 2. The van der Waals surface area contributed by atoms with Crippen molar-refractivity contribution in [2.75, 3.05) is 26.7 Å². The Balaban J connectivity index is 2.04. The minimum absolute atomic E-state index is 0.00475. The second-order valence-corrected chi connectivity index (χ2v) is 5.35. The average Bonchev–Trinajstić information content (AvgIpc) is 2.94. The highest BCUT2D eigenvalue weighted by molar-refractivity contribution is 6.31. The monoisotopic (exact) mass is 296 g/mol. The normalized spacial score (nSPS) is 14.4. The van der Waals surface area contributed by atoms with E-state index in [1.54, 1.807) is 4.90 Å². The molecular formula is C14H17ClN2O3. The van der Waals surface area contributed by atoms with E-state index in [0.717, 1.165) is 25.9 Å². The number of hydrogen-bond acceptors (Lipinski definition) is 3. The SMILES string of the molecule is CN(CC(=O)N1CCCC1)C(=O)c1cc(Cl)ccc1O. The lowest BCUT2D eigenvalue weighted by Gasteiger charge is -2.21. The molecule has 2 amide bonds. The number of likely N-dealkylation sites (N-methyl/N-ethyl adjacent to an activating group) is 1. The molecule has 1 aromatic carbocycles. The molecule has 0 radical (unpaired) electrons. The van der Waals surface area contributed by atoms with E-state index in [0.29, 0.717) is 5.02 Å². The minimum atomic E-state index is -0.419. The first-order valence-electron chi connectivity index (χ1n) is 6.51. The molecule has 5 nitrogen and oxygen atoms in total. The third-order valence-corrected chi connectivity index (χ3v) is 3.60. The van der Waals surface area contributed by atoms with Crippen LogP contribution in [0.1, 0.15) is 23.2 Å². The Hall–Kier alpha value is -1.75. The summed E-state index contributed by atoms with van der Waals surface area (Å²) in [4.78, 5) is 27.2. The first kappa shape index (κ1) is 14.7. The number of benzene rings is 1. The molecule has 0 saturated carbocycles. The number of nitrogens with zero attached hydrogens (tertiary/aromatic N) is 2. The Morgan fingerprint density at radius 1 is 1.35 bits per heavy atom. The topological polar surface area (TPSA) is 60.9 Å². The summed E-state index contributed by atoms with van der Waals surface area (Å²) in [6.45, 7) is 1.51. The van der Waals surface area contributed by atoms with Crippen LogP contribution in [0.5, 0.6) is 5.75 Å². The maximum absolute atomic E-state index is 12.2. The van der Waals surface area contributed by atoms with Crippen LogP contribution < -0.4 is 0 Å². The van der Waals surface area contributed by atoms with Gasteiger partial charge in [0, 0.05) is 25.2 Å². The predicted octanol–water partition coefficient (Wildman–Crippen LogP) is 1.74. The Morgan fingerprint density at radius 2 is 2.00 bits per heavy atom. The number of aromatic hydroxyl groups is 1. The van der Waals surface area contributed by atoms with Crippen molar-refractivity contribution in [2.45, 2.75) is 12.8 Å². The molecule has 20 heavy (non-hydrogen) atoms. The van der Waals surface area contributed by atoms with Gasteiger partial charge in [0.15, 0.2) is 0 Å². The summed E-state index contributed by atoms with van der Waals surface area (Å²) in [5.41, 5.74) is 0.106. The lowest BCUT2D eigenvalue weighted by molar-refractivity contribution is -0.130. The third-order valence-electron chi connectivity index (χ3n) is 3.37. The maximum Gasteiger partial charge on any atom is 0.257 e. The number of amides is 2. The van der Waals surface area contributed by atoms with Gasteiger partial charge in [0.2, 0.25) is 5.91 Å². The van der Waals surface area contributed by atoms with Crippen molar-refractivity contribution < 1.29 is 14.7 Å². The van der Waals surface area contributed by atoms with Crippen molar-refractivity contribution >= 4 is 23.4 Å². The Labute approximate surface area is 122 Å². The first-order chi connectivity index (χ1) is 9.49. The second-order valence-electron chi connectivity index (χ2n) is 4.91. The number of rotatable bonds is 3. The molecule has 108 valence electrons. The van der Waals surface area contributed by atoms with Gasteiger partial charge in [0.1, 0.15) is 5.75 Å². The second kappa shape index (κ2) is 6.13. The third kappa shape index (κ3) is 3.22. The van der Waals surface area contributed by atoms with Crippen LogP contribution in [-0.2, 0) is 4.79 Å². The summed E-state index contributed by atoms with van der Waals surface area (Å²) in [5.74, 6) is -0.628. The smallest absolute Gasteiger partial charge is 0.257 e. The van der Waals surface area contributed by atoms with Crippen LogP contribution in [-0.4, -0.2) is 53.4 Å². The van der Waals surface area contributed by atoms with Gasteiger partial charge in [-0.3, -0.25) is 9.59 Å². The highest BCUT2D eigenvalue weighted by Crippen LogP contribution is 2.22. The van der Waals surface area contributed by atoms with E-state index < -0.39 is 5.91 Å². The molecule has 1 N–H and O–H groups in total. The summed E-state index contributed by atoms with van der Waals surface area (Å²) in [6, 6.07) is 4.27. The summed E-state index contributed by atoms with van der Waals surface area (Å²) >= 11 is 5.82. The largest absolute Gasteiger partial charge is 0.507 e. The average molecular weight is 297 g/mol. The Morgan fingerprint density at radius 3 is 2.65 bits per heavy atom. The molecule has 2 rings (SSSR count). The fraction of sp³-hybridized carbons (Fsp3) is 0.429. The van der Waals surface area contributed by atoms with Crippen LogP contribution in [0.15, 0.2) is 18.2 Å². The molecule has 1 aliphatic heterocycles. The number of likely N-dealkylation sites (tertiary alicyclic amines) is 1. The Kier molecular flexibility index (Phi) is 4.49. The van der Waals surface area contributed by atoms with Gasteiger partial charge in [0.05, 0.1) is 12.1 Å². The predicted molar refractivity (Wildman–Crippen MR) is 75.9 cm³/mol. The minimum Gasteiger partial charge on any atom is -0.507 e. The van der Waals surface area contributed by atoms with Gasteiger partial charge in [-0.1, -0.05) is 11.6 Å².